The number of hydrogen-bond acceptors (Lipinski definition) is 7. The summed E-state index contributed by atoms with van der Waals surface area (Å²) in [5.41, 5.74) is 1.19. The molecule has 2 heterocycles. The minimum Gasteiger partial charge on any atom is -0.492 e. The van der Waals surface area contributed by atoms with Gasteiger partial charge in [0.2, 0.25) is 10.0 Å². The predicted molar refractivity (Wildman–Crippen MR) is 95.7 cm³/mol. The molecule has 0 aliphatic carbocycles. The van der Waals surface area contributed by atoms with E-state index < -0.39 is 10.0 Å². The molecular formula is C16H18N6O3S. The van der Waals surface area contributed by atoms with E-state index in [0.29, 0.717) is 11.6 Å². The summed E-state index contributed by atoms with van der Waals surface area (Å²) >= 11 is 0. The first-order valence-electron chi connectivity index (χ1n) is 7.95. The Morgan fingerprint density at radius 2 is 1.96 bits per heavy atom. The van der Waals surface area contributed by atoms with Gasteiger partial charge in [-0.2, -0.15) is 5.10 Å². The Morgan fingerprint density at radius 3 is 2.65 bits per heavy atom. The highest BCUT2D eigenvalue weighted by atomic mass is 32.2. The normalized spacial score (nSPS) is 11.3. The van der Waals surface area contributed by atoms with Gasteiger partial charge in [0.15, 0.2) is 5.82 Å². The smallest absolute Gasteiger partial charge is 0.237 e. The second-order valence-electron chi connectivity index (χ2n) is 5.37. The fraction of sp³-hybridized carbons (Fsp3) is 0.250. The predicted octanol–water partition coefficient (Wildman–Crippen LogP) is 1.44. The number of hydrogen-bond donors (Lipinski definition) is 1. The van der Waals surface area contributed by atoms with Gasteiger partial charge < -0.3 is 4.74 Å². The molecule has 26 heavy (non-hydrogen) atoms. The zero-order chi connectivity index (χ0) is 18.4. The Morgan fingerprint density at radius 1 is 1.15 bits per heavy atom. The van der Waals surface area contributed by atoms with Gasteiger partial charge in [-0.05, 0) is 24.1 Å². The van der Waals surface area contributed by atoms with Crippen LogP contribution in [0.5, 0.6) is 5.75 Å². The van der Waals surface area contributed by atoms with E-state index in [1.807, 2.05) is 24.3 Å². The van der Waals surface area contributed by atoms with E-state index in [0.717, 1.165) is 6.42 Å². The molecule has 0 unspecified atom stereocenters. The highest BCUT2D eigenvalue weighted by Crippen LogP contribution is 2.13. The highest BCUT2D eigenvalue weighted by Gasteiger charge is 2.13. The zero-order valence-corrected chi connectivity index (χ0v) is 14.9. The maximum atomic E-state index is 12.2. The van der Waals surface area contributed by atoms with Crippen LogP contribution in [0.25, 0.3) is 5.82 Å². The molecule has 136 valence electrons. The Labute approximate surface area is 151 Å². The summed E-state index contributed by atoms with van der Waals surface area (Å²) in [6, 6.07) is 9.03. The lowest BCUT2D eigenvalue weighted by molar-refractivity contribution is 0.341. The fourth-order valence-corrected chi connectivity index (χ4v) is 2.99. The van der Waals surface area contributed by atoms with Crippen LogP contribution in [0.4, 0.5) is 5.82 Å². The van der Waals surface area contributed by atoms with Gasteiger partial charge in [0.25, 0.3) is 0 Å². The number of benzene rings is 1. The van der Waals surface area contributed by atoms with Gasteiger partial charge in [0.05, 0.1) is 0 Å². The van der Waals surface area contributed by atoms with Crippen molar-refractivity contribution in [1.82, 2.24) is 24.7 Å². The second-order valence-corrected chi connectivity index (χ2v) is 7.21. The monoisotopic (exact) mass is 374 g/mol. The van der Waals surface area contributed by atoms with Crippen LogP contribution in [0.15, 0.2) is 49.3 Å². The lowest BCUT2D eigenvalue weighted by atomic mass is 10.2. The molecular weight excluding hydrogens is 356 g/mol. The average Bonchev–Trinajstić information content (AvgIpc) is 3.17. The van der Waals surface area contributed by atoms with Gasteiger partial charge >= 0.3 is 0 Å². The van der Waals surface area contributed by atoms with Crippen molar-refractivity contribution >= 4 is 15.8 Å². The third-order valence-electron chi connectivity index (χ3n) is 3.52. The number of aromatic nitrogens is 5. The van der Waals surface area contributed by atoms with Crippen molar-refractivity contribution in [1.29, 1.82) is 0 Å². The quantitative estimate of drug-likeness (QED) is 0.635. The van der Waals surface area contributed by atoms with Crippen LogP contribution in [0.2, 0.25) is 0 Å². The van der Waals surface area contributed by atoms with Gasteiger partial charge in [0.1, 0.15) is 42.9 Å². The lowest BCUT2D eigenvalue weighted by Crippen LogP contribution is -2.22. The number of nitrogens with one attached hydrogen (secondary N) is 1. The lowest BCUT2D eigenvalue weighted by Gasteiger charge is -2.09. The van der Waals surface area contributed by atoms with Crippen molar-refractivity contribution in [2.75, 3.05) is 17.1 Å². The van der Waals surface area contributed by atoms with E-state index in [4.69, 9.17) is 4.74 Å². The van der Waals surface area contributed by atoms with E-state index in [1.165, 1.54) is 35.3 Å². The summed E-state index contributed by atoms with van der Waals surface area (Å²) in [4.78, 5) is 11.8. The minimum absolute atomic E-state index is 0.0296. The molecule has 3 aromatic rings. The number of nitrogens with zero attached hydrogens (tertiary/aromatic N) is 5. The van der Waals surface area contributed by atoms with Crippen LogP contribution >= 0.6 is 0 Å². The van der Waals surface area contributed by atoms with Crippen LogP contribution < -0.4 is 9.46 Å². The molecule has 0 aliphatic heterocycles. The Hall–Kier alpha value is -3.01. The fourth-order valence-electron chi connectivity index (χ4n) is 2.16. The molecule has 0 radical (unpaired) electrons. The summed E-state index contributed by atoms with van der Waals surface area (Å²) in [5.74, 6) is 0.985. The van der Waals surface area contributed by atoms with E-state index >= 15 is 0 Å². The first-order valence-corrected chi connectivity index (χ1v) is 9.60. The number of anilines is 1. The summed E-state index contributed by atoms with van der Waals surface area (Å²) in [5, 5.41) is 3.94. The van der Waals surface area contributed by atoms with Gasteiger partial charge in [-0.25, -0.2) is 28.1 Å². The molecule has 9 nitrogen and oxygen atoms in total. The van der Waals surface area contributed by atoms with Crippen LogP contribution in [0.3, 0.4) is 0 Å². The molecule has 0 amide bonds. The van der Waals surface area contributed by atoms with Crippen molar-refractivity contribution in [2.24, 2.45) is 0 Å². The van der Waals surface area contributed by atoms with Crippen molar-refractivity contribution in [2.45, 2.75) is 13.3 Å². The second kappa shape index (κ2) is 7.91. The van der Waals surface area contributed by atoms with E-state index in [-0.39, 0.29) is 18.2 Å². The van der Waals surface area contributed by atoms with E-state index in [9.17, 15) is 8.42 Å². The first kappa shape index (κ1) is 17.8. The molecule has 0 atom stereocenters. The summed E-state index contributed by atoms with van der Waals surface area (Å²) in [6.07, 6.45) is 5.00. The number of ether oxygens (including phenoxy) is 1. The Bertz CT molecular complexity index is 942. The van der Waals surface area contributed by atoms with Gasteiger partial charge in [0, 0.05) is 6.07 Å². The third kappa shape index (κ3) is 4.76. The highest BCUT2D eigenvalue weighted by molar-refractivity contribution is 7.92. The van der Waals surface area contributed by atoms with Crippen LogP contribution in [-0.4, -0.2) is 45.5 Å². The topological polar surface area (TPSA) is 112 Å². The van der Waals surface area contributed by atoms with Gasteiger partial charge in [-0.3, -0.25) is 4.72 Å². The molecule has 0 aliphatic rings. The Kier molecular flexibility index (Phi) is 5.42. The Balaban J connectivity index is 1.57. The largest absolute Gasteiger partial charge is 0.492 e. The summed E-state index contributed by atoms with van der Waals surface area (Å²) < 4.78 is 33.7. The molecule has 10 heteroatoms. The molecule has 3 rings (SSSR count). The maximum Gasteiger partial charge on any atom is 0.237 e. The SMILES string of the molecule is CCc1ccc(OCCS(=O)(=O)Nc2cc(-n3cncn3)ncn2)cc1. The molecule has 0 bridgehead atoms. The third-order valence-corrected chi connectivity index (χ3v) is 4.74. The molecule has 0 spiro atoms. The average molecular weight is 374 g/mol. The molecule has 0 saturated heterocycles. The zero-order valence-electron chi connectivity index (χ0n) is 14.1. The van der Waals surface area contributed by atoms with Gasteiger partial charge in [-0.15, -0.1) is 0 Å². The summed E-state index contributed by atoms with van der Waals surface area (Å²) in [7, 11) is -3.61. The molecule has 2 aromatic heterocycles. The molecule has 0 fully saturated rings. The first-order chi connectivity index (χ1) is 12.6. The van der Waals surface area contributed by atoms with Crippen LogP contribution in [0.1, 0.15) is 12.5 Å². The minimum atomic E-state index is -3.61. The summed E-state index contributed by atoms with van der Waals surface area (Å²) in [6.45, 7) is 2.09. The molecule has 0 saturated carbocycles. The van der Waals surface area contributed by atoms with Crippen molar-refractivity contribution < 1.29 is 13.2 Å². The molecule has 1 N–H and O–H groups in total. The standard InChI is InChI=1S/C16H18N6O3S/c1-2-13-3-5-14(6-4-13)25-7-8-26(23,24)21-15-9-16(19-11-18-15)22-12-17-10-20-22/h3-6,9-12H,2,7-8H2,1H3,(H,18,19,21). The molecule has 1 aromatic carbocycles. The number of sulfonamides is 1. The van der Waals surface area contributed by atoms with Crippen LogP contribution in [-0.2, 0) is 16.4 Å². The van der Waals surface area contributed by atoms with E-state index in [1.54, 1.807) is 0 Å². The maximum absolute atomic E-state index is 12.2. The van der Waals surface area contributed by atoms with E-state index in [2.05, 4.69) is 31.7 Å². The number of aryl methyl sites for hydroxylation is 1. The van der Waals surface area contributed by atoms with Crippen LogP contribution in [0, 0.1) is 0 Å². The van der Waals surface area contributed by atoms with Crippen molar-refractivity contribution in [3.8, 4) is 11.6 Å². The van der Waals surface area contributed by atoms with Crippen molar-refractivity contribution in [3.63, 3.8) is 0 Å². The number of rotatable bonds is 8. The van der Waals surface area contributed by atoms with Gasteiger partial charge in [-0.1, -0.05) is 19.1 Å². The van der Waals surface area contributed by atoms with Crippen molar-refractivity contribution in [3.05, 3.63) is 54.9 Å².